The largest absolute Gasteiger partial charge is 1.00 e. The van der Waals surface area contributed by atoms with Crippen LogP contribution in [0, 0.1) is 22.2 Å². The summed E-state index contributed by atoms with van der Waals surface area (Å²) in [7, 11) is -16.4. The third-order valence-corrected chi connectivity index (χ3v) is 29.1. The van der Waals surface area contributed by atoms with Crippen molar-refractivity contribution in [1.82, 2.24) is 0 Å². The molecule has 0 aromatic rings. The van der Waals surface area contributed by atoms with E-state index in [1.54, 1.807) is 13.8 Å². The summed E-state index contributed by atoms with van der Waals surface area (Å²) >= 11 is 0. The number of nitrogens with zero attached hydrogens (tertiary/aromatic N) is 1. The van der Waals surface area contributed by atoms with Gasteiger partial charge in [0.2, 0.25) is 0 Å². The van der Waals surface area contributed by atoms with Gasteiger partial charge < -0.3 is 45.6 Å². The molecule has 0 amide bonds. The minimum absolute atomic E-state index is 0. The average Bonchev–Trinajstić information content (AvgIpc) is 3.16. The topological polar surface area (TPSA) is 215 Å². The second kappa shape index (κ2) is 34.0. The van der Waals surface area contributed by atoms with Crippen molar-refractivity contribution in [2.75, 3.05) is 39.6 Å². The number of ether oxygens (including phenoxy) is 4. The van der Waals surface area contributed by atoms with Crippen molar-refractivity contribution in [3.05, 3.63) is 0 Å². The summed E-state index contributed by atoms with van der Waals surface area (Å²) in [5, 5.41) is 19.2. The Morgan fingerprint density at radius 1 is 0.614 bits per heavy atom. The van der Waals surface area contributed by atoms with Gasteiger partial charge in [-0.2, -0.15) is 26.0 Å². The maximum Gasteiger partial charge on any atom is 1.00 e. The van der Waals surface area contributed by atoms with Crippen LogP contribution in [0.1, 0.15) is 115 Å². The Morgan fingerprint density at radius 2 is 0.986 bits per heavy atom. The first-order chi connectivity index (χ1) is 30.7. The van der Waals surface area contributed by atoms with Crippen LogP contribution in [0.5, 0.6) is 0 Å². The molecule has 0 bridgehead atoms. The number of carboxylic acids is 1. The zero-order valence-electron chi connectivity index (χ0n) is 47.0. The molecule has 0 spiro atoms. The van der Waals surface area contributed by atoms with Crippen LogP contribution < -0.4 is 5.11 Å². The number of sulfonamides is 1. The molecular formula is C44H95AgF3NO15SSi5. The van der Waals surface area contributed by atoms with Gasteiger partial charge in [0.15, 0.2) is 16.6 Å². The third kappa shape index (κ3) is 38.7. The summed E-state index contributed by atoms with van der Waals surface area (Å²) in [5.41, 5.74) is -6.86. The van der Waals surface area contributed by atoms with E-state index in [2.05, 4.69) is 76.4 Å². The summed E-state index contributed by atoms with van der Waals surface area (Å²) in [5.74, 6) is -3.11. The Labute approximate surface area is 442 Å². The molecule has 0 aromatic heterocycles. The number of hydrogen-bond acceptors (Lipinski definition) is 14. The van der Waals surface area contributed by atoms with E-state index in [-0.39, 0.29) is 40.7 Å². The SMILES string of the molecule is CCC(C)(C)C(=O)O.CCC(C)(C)C(=O)OCCC[Si](C)(C)O[Si](C)(C)O[Si](C)(C)O[Si](C)(C)O[Si](C)(C)C.CCC(C)C([O-])=NS(=O)(=O)C(F)(F)F.CCOCCOCCOC(=O)C(C)(C)CC.[Ag+]. The molecular weight excluding hydrogens is 1120 g/mol. The first-order valence-electron chi connectivity index (χ1n) is 23.8. The van der Waals surface area contributed by atoms with Crippen LogP contribution in [-0.4, -0.2) is 125 Å². The molecule has 0 saturated carbocycles. The molecule has 0 fully saturated rings. The first kappa shape index (κ1) is 78.1. The summed E-state index contributed by atoms with van der Waals surface area (Å²) in [6.45, 7) is 48.3. The normalized spacial score (nSPS) is 13.8. The van der Waals surface area contributed by atoms with Crippen LogP contribution in [0.15, 0.2) is 4.40 Å². The number of alkyl halides is 3. The predicted molar refractivity (Wildman–Crippen MR) is 278 cm³/mol. The van der Waals surface area contributed by atoms with E-state index in [4.69, 9.17) is 40.5 Å². The Bertz CT molecular complexity index is 1650. The predicted octanol–water partition coefficient (Wildman–Crippen LogP) is 10.7. The van der Waals surface area contributed by atoms with Gasteiger partial charge >= 0.3 is 81.5 Å². The van der Waals surface area contributed by atoms with E-state index in [1.165, 1.54) is 13.8 Å². The second-order valence-corrected chi connectivity index (χ2v) is 42.8. The van der Waals surface area contributed by atoms with Crippen molar-refractivity contribution in [2.45, 2.75) is 199 Å². The number of esters is 2. The Balaban J connectivity index is -0.000000302. The zero-order chi connectivity index (χ0) is 55.7. The summed E-state index contributed by atoms with van der Waals surface area (Å²) in [6.07, 6.45) is 3.28. The number of carbonyl (C=O) groups is 3. The molecule has 1 atom stereocenters. The number of rotatable bonds is 28. The monoisotopic (exact) mass is 1210 g/mol. The molecule has 424 valence electrons. The van der Waals surface area contributed by atoms with Crippen molar-refractivity contribution in [3.8, 4) is 0 Å². The van der Waals surface area contributed by atoms with Crippen molar-refractivity contribution >= 4 is 76.1 Å². The van der Waals surface area contributed by atoms with Gasteiger partial charge in [-0.25, -0.2) is 0 Å². The minimum atomic E-state index is -5.68. The van der Waals surface area contributed by atoms with Crippen LogP contribution in [0.2, 0.25) is 78.1 Å². The molecule has 0 aliphatic rings. The third-order valence-electron chi connectivity index (χ3n) is 10.1. The molecule has 0 saturated heterocycles. The number of halogens is 3. The van der Waals surface area contributed by atoms with Gasteiger partial charge in [0.05, 0.1) is 42.7 Å². The molecule has 16 nitrogen and oxygen atoms in total. The van der Waals surface area contributed by atoms with Crippen LogP contribution in [0.25, 0.3) is 0 Å². The molecule has 70 heavy (non-hydrogen) atoms. The van der Waals surface area contributed by atoms with E-state index in [1.807, 2.05) is 55.4 Å². The van der Waals surface area contributed by atoms with Gasteiger partial charge in [0.1, 0.15) is 6.61 Å². The maximum atomic E-state index is 12.1. The molecule has 1 unspecified atom stereocenters. The number of carbonyl (C=O) groups excluding carboxylic acids is 2. The summed E-state index contributed by atoms with van der Waals surface area (Å²) in [6, 6.07) is 0.925. The van der Waals surface area contributed by atoms with Gasteiger partial charge in [0.25, 0.3) is 0 Å². The minimum Gasteiger partial charge on any atom is -0.861 e. The standard InChI is InChI=1S/C20H50O6Si5.C12H24O4.C6H10F3NO3S.C6H12O2.Ag/c1-15-20(2,3)19(21)22-17-16-18-28(7,8)24-30(11,12)26-31(13,14)25-29(9,10)23-27(4,5)6;1-5-12(3,4)11(13)16-10-9-15-8-7-14-6-2;1-3-4(2)5(11)10-14(12,13)6(7,8)9;1-4-6(2,3)5(7)8;/h15-18H2,1-14H3;5-10H2,1-4H3;4H,3H2,1-2H3,(H,10,11);4H2,1-3H3,(H,7,8);/q;;;;+1/p-1. The smallest absolute Gasteiger partial charge is 0.861 e. The fourth-order valence-corrected chi connectivity index (χ4v) is 29.4. The van der Waals surface area contributed by atoms with E-state index in [9.17, 15) is 41.1 Å². The second-order valence-electron chi connectivity index (χ2n) is 21.3. The Kier molecular flexibility index (Phi) is 37.9. The van der Waals surface area contributed by atoms with Crippen molar-refractivity contribution in [1.29, 1.82) is 0 Å². The maximum absolute atomic E-state index is 12.1. The fraction of sp³-hybridized carbons (Fsp3) is 0.909. The summed E-state index contributed by atoms with van der Waals surface area (Å²) in [4.78, 5) is 33.9. The van der Waals surface area contributed by atoms with E-state index >= 15 is 0 Å². The average molecular weight is 1220 g/mol. The molecule has 0 radical (unpaired) electrons. The fourth-order valence-electron chi connectivity index (χ4n) is 5.19. The number of hydrogen-bond donors (Lipinski definition) is 1. The van der Waals surface area contributed by atoms with Gasteiger partial charge in [-0.15, -0.1) is 0 Å². The molecule has 26 heteroatoms. The van der Waals surface area contributed by atoms with Crippen molar-refractivity contribution < 1.29 is 104 Å². The summed E-state index contributed by atoms with van der Waals surface area (Å²) < 4.78 is 105. The first-order valence-corrected chi connectivity index (χ1v) is 40.2. The van der Waals surface area contributed by atoms with E-state index in [0.717, 1.165) is 25.3 Å². The van der Waals surface area contributed by atoms with Gasteiger partial charge in [-0.05, 0) is 170 Å². The van der Waals surface area contributed by atoms with Crippen LogP contribution in [0.4, 0.5) is 13.2 Å². The van der Waals surface area contributed by atoms with Crippen molar-refractivity contribution in [2.24, 2.45) is 26.6 Å². The van der Waals surface area contributed by atoms with E-state index < -0.39 is 91.9 Å². The van der Waals surface area contributed by atoms with Crippen molar-refractivity contribution in [3.63, 3.8) is 0 Å². The van der Waals surface area contributed by atoms with E-state index in [0.29, 0.717) is 46.1 Å². The zero-order valence-corrected chi connectivity index (χ0v) is 54.3. The molecule has 0 aromatic carbocycles. The number of aliphatic carboxylic acids is 1. The van der Waals surface area contributed by atoms with Gasteiger partial charge in [-0.1, -0.05) is 34.6 Å². The Morgan fingerprint density at radius 3 is 1.33 bits per heavy atom. The van der Waals surface area contributed by atoms with Gasteiger partial charge in [-0.3, -0.25) is 14.4 Å². The van der Waals surface area contributed by atoms with Crippen LogP contribution >= 0.6 is 0 Å². The Hall–Kier alpha value is -0.795. The quantitative estimate of drug-likeness (QED) is 0.0254. The molecule has 0 heterocycles. The van der Waals surface area contributed by atoms with Crippen LogP contribution in [-0.2, 0) is 82.2 Å². The molecule has 0 aliphatic carbocycles. The molecule has 1 N–H and O–H groups in total. The molecule has 0 rings (SSSR count). The van der Waals surface area contributed by atoms with Crippen LogP contribution in [0.3, 0.4) is 0 Å². The van der Waals surface area contributed by atoms with Gasteiger partial charge in [0, 0.05) is 6.61 Å². The number of carboxylic acid groups (broad SMARTS) is 1. The molecule has 0 aliphatic heterocycles.